The fourth-order valence-corrected chi connectivity index (χ4v) is 2.83. The topological polar surface area (TPSA) is 95.5 Å². The van der Waals surface area contributed by atoms with Crippen LogP contribution in [0, 0.1) is 6.92 Å². The number of carbonyl (C=O) groups excluding carboxylic acids is 1. The Morgan fingerprint density at radius 1 is 1.38 bits per heavy atom. The molecular formula is C17H19N3O4. The number of carboxylic acid groups (broad SMARTS) is 1. The number of aliphatic carboxylic acids is 1. The van der Waals surface area contributed by atoms with E-state index < -0.39 is 12.0 Å². The van der Waals surface area contributed by atoms with Crippen molar-refractivity contribution in [1.29, 1.82) is 0 Å². The quantitative estimate of drug-likeness (QED) is 0.890. The minimum Gasteiger partial charge on any atom is -0.481 e. The highest BCUT2D eigenvalue weighted by Gasteiger charge is 2.32. The predicted octanol–water partition coefficient (Wildman–Crippen LogP) is 1.70. The number of nitrogens with zero attached hydrogens (tertiary/aromatic N) is 2. The van der Waals surface area contributed by atoms with Gasteiger partial charge in [0.1, 0.15) is 11.5 Å². The molecule has 0 spiro atoms. The number of morpholine rings is 1. The summed E-state index contributed by atoms with van der Waals surface area (Å²) in [6, 6.07) is 9.07. The van der Waals surface area contributed by atoms with E-state index in [1.54, 1.807) is 11.8 Å². The lowest BCUT2D eigenvalue weighted by Gasteiger charge is -2.34. The molecule has 0 aliphatic carbocycles. The van der Waals surface area contributed by atoms with Crippen molar-refractivity contribution in [3.63, 3.8) is 0 Å². The van der Waals surface area contributed by atoms with Crippen LogP contribution in [0.2, 0.25) is 0 Å². The molecule has 126 valence electrons. The summed E-state index contributed by atoms with van der Waals surface area (Å²) in [5.41, 5.74) is 1.88. The molecule has 0 bridgehead atoms. The van der Waals surface area contributed by atoms with E-state index >= 15 is 0 Å². The highest BCUT2D eigenvalue weighted by atomic mass is 16.5. The van der Waals surface area contributed by atoms with Gasteiger partial charge in [0, 0.05) is 17.8 Å². The van der Waals surface area contributed by atoms with Gasteiger partial charge in [-0.25, -0.2) is 4.98 Å². The molecule has 1 amide bonds. The molecule has 0 saturated carbocycles. The number of hydrogen-bond acceptors (Lipinski definition) is 4. The van der Waals surface area contributed by atoms with E-state index in [0.29, 0.717) is 30.4 Å². The predicted molar refractivity (Wildman–Crippen MR) is 86.7 cm³/mol. The zero-order valence-corrected chi connectivity index (χ0v) is 13.4. The number of carbonyl (C=O) groups is 2. The molecular weight excluding hydrogens is 310 g/mol. The standard InChI is InChI=1S/C17H19N3O4/c1-11-15(19-16(18-11)12-5-3-2-4-6-12)17(23)20-7-8-24-10-13(20)9-14(21)22/h2-6,13H,7-10H2,1H3,(H,18,19)(H,21,22). The van der Waals surface area contributed by atoms with Crippen molar-refractivity contribution in [3.05, 3.63) is 41.7 Å². The van der Waals surface area contributed by atoms with Crippen LogP contribution in [0.5, 0.6) is 0 Å². The lowest BCUT2D eigenvalue weighted by atomic mass is 10.1. The Bertz CT molecular complexity index is 742. The van der Waals surface area contributed by atoms with Crippen molar-refractivity contribution in [2.24, 2.45) is 0 Å². The van der Waals surface area contributed by atoms with Crippen molar-refractivity contribution in [3.8, 4) is 11.4 Å². The fraction of sp³-hybridized carbons (Fsp3) is 0.353. The number of aromatic amines is 1. The van der Waals surface area contributed by atoms with Gasteiger partial charge in [0.2, 0.25) is 0 Å². The number of benzene rings is 1. The summed E-state index contributed by atoms with van der Waals surface area (Å²) in [5.74, 6) is -0.591. The number of ether oxygens (including phenoxy) is 1. The second-order valence-corrected chi connectivity index (χ2v) is 5.75. The summed E-state index contributed by atoms with van der Waals surface area (Å²) >= 11 is 0. The highest BCUT2D eigenvalue weighted by molar-refractivity contribution is 5.94. The molecule has 1 aromatic carbocycles. The van der Waals surface area contributed by atoms with Crippen molar-refractivity contribution in [2.75, 3.05) is 19.8 Å². The number of aryl methyl sites for hydroxylation is 1. The smallest absolute Gasteiger partial charge is 0.305 e. The molecule has 1 aromatic heterocycles. The van der Waals surface area contributed by atoms with E-state index in [-0.39, 0.29) is 18.9 Å². The second kappa shape index (κ2) is 6.84. The number of hydrogen-bond donors (Lipinski definition) is 2. The third-order valence-electron chi connectivity index (χ3n) is 4.03. The average molecular weight is 329 g/mol. The van der Waals surface area contributed by atoms with Gasteiger partial charge >= 0.3 is 5.97 Å². The van der Waals surface area contributed by atoms with Gasteiger partial charge in [0.25, 0.3) is 5.91 Å². The molecule has 2 aromatic rings. The van der Waals surface area contributed by atoms with Crippen LogP contribution in [0.3, 0.4) is 0 Å². The number of carboxylic acids is 1. The van der Waals surface area contributed by atoms with E-state index in [1.165, 1.54) is 0 Å². The Morgan fingerprint density at radius 3 is 2.83 bits per heavy atom. The lowest BCUT2D eigenvalue weighted by Crippen LogP contribution is -2.49. The zero-order valence-electron chi connectivity index (χ0n) is 13.4. The zero-order chi connectivity index (χ0) is 17.1. The number of imidazole rings is 1. The Balaban J connectivity index is 1.86. The summed E-state index contributed by atoms with van der Waals surface area (Å²) in [4.78, 5) is 33.0. The number of aromatic nitrogens is 2. The maximum Gasteiger partial charge on any atom is 0.305 e. The molecule has 1 saturated heterocycles. The third kappa shape index (κ3) is 3.30. The van der Waals surface area contributed by atoms with Crippen LogP contribution in [-0.4, -0.2) is 57.7 Å². The molecule has 24 heavy (non-hydrogen) atoms. The van der Waals surface area contributed by atoms with Crippen molar-refractivity contribution < 1.29 is 19.4 Å². The van der Waals surface area contributed by atoms with Gasteiger partial charge in [0.05, 0.1) is 25.7 Å². The molecule has 1 atom stereocenters. The Hall–Kier alpha value is -2.67. The van der Waals surface area contributed by atoms with Gasteiger partial charge in [-0.1, -0.05) is 30.3 Å². The van der Waals surface area contributed by atoms with Gasteiger partial charge < -0.3 is 19.7 Å². The molecule has 1 aliphatic heterocycles. The summed E-state index contributed by atoms with van der Waals surface area (Å²) in [6.07, 6.45) is -0.138. The normalized spacial score (nSPS) is 17.7. The molecule has 2 heterocycles. The van der Waals surface area contributed by atoms with Gasteiger partial charge in [0.15, 0.2) is 0 Å². The van der Waals surface area contributed by atoms with Crippen LogP contribution in [0.25, 0.3) is 11.4 Å². The Labute approximate surface area is 139 Å². The molecule has 7 nitrogen and oxygen atoms in total. The second-order valence-electron chi connectivity index (χ2n) is 5.75. The largest absolute Gasteiger partial charge is 0.481 e. The van der Waals surface area contributed by atoms with E-state index in [9.17, 15) is 9.59 Å². The molecule has 3 rings (SSSR count). The fourth-order valence-electron chi connectivity index (χ4n) is 2.83. The third-order valence-corrected chi connectivity index (χ3v) is 4.03. The summed E-state index contributed by atoms with van der Waals surface area (Å²) in [6.45, 7) is 2.78. The van der Waals surface area contributed by atoms with Crippen LogP contribution in [0.15, 0.2) is 30.3 Å². The molecule has 0 radical (unpaired) electrons. The van der Waals surface area contributed by atoms with Gasteiger partial charge in [-0.3, -0.25) is 9.59 Å². The average Bonchev–Trinajstić information content (AvgIpc) is 2.97. The monoisotopic (exact) mass is 329 g/mol. The van der Waals surface area contributed by atoms with Crippen LogP contribution in [0.1, 0.15) is 22.6 Å². The highest BCUT2D eigenvalue weighted by Crippen LogP contribution is 2.21. The molecule has 2 N–H and O–H groups in total. The number of amides is 1. The number of H-pyrrole nitrogens is 1. The van der Waals surface area contributed by atoms with Crippen molar-refractivity contribution in [2.45, 2.75) is 19.4 Å². The van der Waals surface area contributed by atoms with E-state index in [2.05, 4.69) is 9.97 Å². The van der Waals surface area contributed by atoms with Crippen LogP contribution in [0.4, 0.5) is 0 Å². The molecule has 1 aliphatic rings. The van der Waals surface area contributed by atoms with Crippen LogP contribution < -0.4 is 0 Å². The first-order chi connectivity index (χ1) is 11.6. The number of rotatable bonds is 4. The summed E-state index contributed by atoms with van der Waals surface area (Å²) in [5, 5.41) is 9.03. The lowest BCUT2D eigenvalue weighted by molar-refractivity contribution is -0.139. The van der Waals surface area contributed by atoms with Gasteiger partial charge in [-0.15, -0.1) is 0 Å². The minimum atomic E-state index is -0.952. The summed E-state index contributed by atoms with van der Waals surface area (Å²) in [7, 11) is 0. The van der Waals surface area contributed by atoms with Crippen LogP contribution >= 0.6 is 0 Å². The maximum atomic E-state index is 12.9. The number of nitrogens with one attached hydrogen (secondary N) is 1. The minimum absolute atomic E-state index is 0.138. The molecule has 7 heteroatoms. The van der Waals surface area contributed by atoms with E-state index in [0.717, 1.165) is 5.56 Å². The maximum absolute atomic E-state index is 12.9. The van der Waals surface area contributed by atoms with Crippen LogP contribution in [-0.2, 0) is 9.53 Å². The van der Waals surface area contributed by atoms with E-state index in [4.69, 9.17) is 9.84 Å². The molecule has 1 fully saturated rings. The molecule has 1 unspecified atom stereocenters. The Morgan fingerprint density at radius 2 is 2.12 bits per heavy atom. The first-order valence-corrected chi connectivity index (χ1v) is 7.79. The Kier molecular flexibility index (Phi) is 4.61. The van der Waals surface area contributed by atoms with Crippen molar-refractivity contribution in [1.82, 2.24) is 14.9 Å². The van der Waals surface area contributed by atoms with Gasteiger partial charge in [-0.2, -0.15) is 0 Å². The first kappa shape index (κ1) is 16.2. The van der Waals surface area contributed by atoms with Gasteiger partial charge in [-0.05, 0) is 6.92 Å². The SMILES string of the molecule is Cc1[nH]c(-c2ccccc2)nc1C(=O)N1CCOCC1CC(=O)O. The summed E-state index contributed by atoms with van der Waals surface area (Å²) < 4.78 is 5.32. The van der Waals surface area contributed by atoms with Crippen molar-refractivity contribution >= 4 is 11.9 Å². The first-order valence-electron chi connectivity index (χ1n) is 7.79. The van der Waals surface area contributed by atoms with E-state index in [1.807, 2.05) is 30.3 Å².